The lowest BCUT2D eigenvalue weighted by Crippen LogP contribution is -2.37. The molecular formula is C11H16O3. The molecule has 0 heterocycles. The second-order valence-electron chi connectivity index (χ2n) is 3.78. The third kappa shape index (κ3) is 2.69. The molecule has 0 aromatic heterocycles. The summed E-state index contributed by atoms with van der Waals surface area (Å²) in [6.07, 6.45) is 7.62. The van der Waals surface area contributed by atoms with Gasteiger partial charge in [-0.05, 0) is 25.7 Å². The van der Waals surface area contributed by atoms with E-state index in [-0.39, 0.29) is 6.29 Å². The van der Waals surface area contributed by atoms with Gasteiger partial charge >= 0.3 is 5.97 Å². The van der Waals surface area contributed by atoms with E-state index in [1.165, 1.54) is 6.42 Å². The highest BCUT2D eigenvalue weighted by Gasteiger charge is 2.34. The van der Waals surface area contributed by atoms with Crippen LogP contribution in [0.1, 0.15) is 38.5 Å². The molecule has 0 spiro atoms. The van der Waals surface area contributed by atoms with Crippen molar-refractivity contribution in [3.8, 4) is 0 Å². The van der Waals surface area contributed by atoms with Gasteiger partial charge in [-0.3, -0.25) is 4.79 Å². The Hall–Kier alpha value is -1.12. The van der Waals surface area contributed by atoms with Crippen LogP contribution in [0.4, 0.5) is 0 Å². The number of esters is 1. The SMILES string of the molecule is C=CCC1(OC(=O)C=O)CCCCC1. The molecule has 14 heavy (non-hydrogen) atoms. The number of ether oxygens (including phenoxy) is 1. The number of rotatable bonds is 4. The van der Waals surface area contributed by atoms with Crippen LogP contribution in [-0.2, 0) is 14.3 Å². The predicted octanol–water partition coefficient (Wildman–Crippen LogP) is 2.01. The molecule has 1 fully saturated rings. The van der Waals surface area contributed by atoms with E-state index in [2.05, 4.69) is 6.58 Å². The fraction of sp³-hybridized carbons (Fsp3) is 0.636. The molecule has 0 aliphatic heterocycles. The number of hydrogen-bond donors (Lipinski definition) is 0. The molecule has 0 unspecified atom stereocenters. The third-order valence-electron chi connectivity index (χ3n) is 2.69. The average molecular weight is 196 g/mol. The molecule has 3 heteroatoms. The van der Waals surface area contributed by atoms with Crippen LogP contribution < -0.4 is 0 Å². The summed E-state index contributed by atoms with van der Waals surface area (Å²) in [4.78, 5) is 21.2. The monoisotopic (exact) mass is 196 g/mol. The highest BCUT2D eigenvalue weighted by Crippen LogP contribution is 2.34. The van der Waals surface area contributed by atoms with Gasteiger partial charge in [0, 0.05) is 6.42 Å². The topological polar surface area (TPSA) is 43.4 Å². The number of carbonyl (C=O) groups is 2. The molecule has 1 aliphatic carbocycles. The first-order valence-electron chi connectivity index (χ1n) is 5.01. The maximum absolute atomic E-state index is 10.9. The van der Waals surface area contributed by atoms with Crippen LogP contribution in [0.25, 0.3) is 0 Å². The van der Waals surface area contributed by atoms with Crippen molar-refractivity contribution < 1.29 is 14.3 Å². The van der Waals surface area contributed by atoms with Gasteiger partial charge in [0.15, 0.2) is 0 Å². The van der Waals surface area contributed by atoms with E-state index in [9.17, 15) is 9.59 Å². The van der Waals surface area contributed by atoms with Crippen molar-refractivity contribution in [3.63, 3.8) is 0 Å². The Labute approximate surface area is 84.1 Å². The van der Waals surface area contributed by atoms with Crippen molar-refractivity contribution in [2.75, 3.05) is 0 Å². The highest BCUT2D eigenvalue weighted by atomic mass is 16.6. The predicted molar refractivity (Wildman–Crippen MR) is 52.8 cm³/mol. The van der Waals surface area contributed by atoms with Crippen molar-refractivity contribution >= 4 is 12.3 Å². The molecule has 0 bridgehead atoms. The van der Waals surface area contributed by atoms with Crippen LogP contribution in [0, 0.1) is 0 Å². The van der Waals surface area contributed by atoms with Crippen LogP contribution in [0.3, 0.4) is 0 Å². The van der Waals surface area contributed by atoms with Gasteiger partial charge < -0.3 is 4.74 Å². The van der Waals surface area contributed by atoms with E-state index in [0.717, 1.165) is 25.7 Å². The summed E-state index contributed by atoms with van der Waals surface area (Å²) in [6.45, 7) is 3.65. The van der Waals surface area contributed by atoms with E-state index < -0.39 is 11.6 Å². The van der Waals surface area contributed by atoms with E-state index in [4.69, 9.17) is 4.74 Å². The quantitative estimate of drug-likeness (QED) is 0.299. The molecule has 0 amide bonds. The minimum absolute atomic E-state index is 0.236. The molecule has 0 saturated heterocycles. The number of aldehydes is 1. The first-order chi connectivity index (χ1) is 6.72. The van der Waals surface area contributed by atoms with Crippen LogP contribution in [-0.4, -0.2) is 17.9 Å². The number of carbonyl (C=O) groups excluding carboxylic acids is 2. The lowest BCUT2D eigenvalue weighted by molar-refractivity contribution is -0.164. The average Bonchev–Trinajstić information content (AvgIpc) is 2.19. The molecule has 3 nitrogen and oxygen atoms in total. The Morgan fingerprint density at radius 1 is 1.36 bits per heavy atom. The zero-order valence-corrected chi connectivity index (χ0v) is 8.33. The van der Waals surface area contributed by atoms with Crippen LogP contribution in [0.5, 0.6) is 0 Å². The maximum atomic E-state index is 10.9. The Morgan fingerprint density at radius 2 is 2.00 bits per heavy atom. The Morgan fingerprint density at radius 3 is 2.50 bits per heavy atom. The van der Waals surface area contributed by atoms with Gasteiger partial charge in [0.05, 0.1) is 0 Å². The van der Waals surface area contributed by atoms with Crippen LogP contribution >= 0.6 is 0 Å². The number of hydrogen-bond acceptors (Lipinski definition) is 3. The summed E-state index contributed by atoms with van der Waals surface area (Å²) in [7, 11) is 0. The van der Waals surface area contributed by atoms with E-state index in [1.54, 1.807) is 6.08 Å². The minimum Gasteiger partial charge on any atom is -0.453 e. The molecule has 1 saturated carbocycles. The summed E-state index contributed by atoms with van der Waals surface area (Å²) >= 11 is 0. The van der Waals surface area contributed by atoms with Crippen molar-refractivity contribution in [2.24, 2.45) is 0 Å². The zero-order chi connectivity index (χ0) is 10.4. The third-order valence-corrected chi connectivity index (χ3v) is 2.69. The summed E-state index contributed by atoms with van der Waals surface area (Å²) in [5.74, 6) is -0.756. The van der Waals surface area contributed by atoms with Crippen molar-refractivity contribution in [3.05, 3.63) is 12.7 Å². The smallest absolute Gasteiger partial charge is 0.371 e. The van der Waals surface area contributed by atoms with Crippen molar-refractivity contribution in [2.45, 2.75) is 44.1 Å². The summed E-state index contributed by atoms with van der Waals surface area (Å²) in [5, 5.41) is 0. The van der Waals surface area contributed by atoms with Gasteiger partial charge in [-0.15, -0.1) is 6.58 Å². The second kappa shape index (κ2) is 4.94. The van der Waals surface area contributed by atoms with Gasteiger partial charge in [-0.2, -0.15) is 0 Å². The van der Waals surface area contributed by atoms with Crippen molar-refractivity contribution in [1.29, 1.82) is 0 Å². The van der Waals surface area contributed by atoms with E-state index in [0.29, 0.717) is 6.42 Å². The van der Waals surface area contributed by atoms with Crippen LogP contribution in [0.15, 0.2) is 12.7 Å². The lowest BCUT2D eigenvalue weighted by atomic mass is 9.82. The van der Waals surface area contributed by atoms with Gasteiger partial charge in [0.1, 0.15) is 5.60 Å². The largest absolute Gasteiger partial charge is 0.453 e. The normalized spacial score (nSPS) is 19.7. The van der Waals surface area contributed by atoms with E-state index in [1.807, 2.05) is 0 Å². The Balaban J connectivity index is 2.63. The van der Waals surface area contributed by atoms with Gasteiger partial charge in [-0.1, -0.05) is 12.5 Å². The standard InChI is InChI=1S/C11H16O3/c1-2-6-11(14-10(13)9-12)7-4-3-5-8-11/h2,9H,1,3-8H2. The first kappa shape index (κ1) is 11.0. The maximum Gasteiger partial charge on any atom is 0.371 e. The van der Waals surface area contributed by atoms with E-state index >= 15 is 0 Å². The Bertz CT molecular complexity index is 227. The first-order valence-corrected chi connectivity index (χ1v) is 5.01. The second-order valence-corrected chi connectivity index (χ2v) is 3.78. The van der Waals surface area contributed by atoms with Gasteiger partial charge in [0.25, 0.3) is 0 Å². The molecule has 0 aromatic rings. The van der Waals surface area contributed by atoms with Crippen LogP contribution in [0.2, 0.25) is 0 Å². The fourth-order valence-electron chi connectivity index (χ4n) is 2.04. The zero-order valence-electron chi connectivity index (χ0n) is 8.33. The highest BCUT2D eigenvalue weighted by molar-refractivity contribution is 6.20. The fourth-order valence-corrected chi connectivity index (χ4v) is 2.04. The lowest BCUT2D eigenvalue weighted by Gasteiger charge is -2.35. The van der Waals surface area contributed by atoms with Gasteiger partial charge in [-0.25, -0.2) is 4.79 Å². The minimum atomic E-state index is -0.756. The molecule has 0 radical (unpaired) electrons. The summed E-state index contributed by atoms with van der Waals surface area (Å²) < 4.78 is 5.19. The summed E-state index contributed by atoms with van der Waals surface area (Å²) in [5.41, 5.74) is -0.446. The van der Waals surface area contributed by atoms with Crippen molar-refractivity contribution in [1.82, 2.24) is 0 Å². The molecule has 0 aromatic carbocycles. The Kier molecular flexibility index (Phi) is 3.86. The molecule has 1 aliphatic rings. The summed E-state index contributed by atoms with van der Waals surface area (Å²) in [6, 6.07) is 0. The molecule has 1 rings (SSSR count). The molecule has 78 valence electrons. The molecule has 0 N–H and O–H groups in total. The van der Waals surface area contributed by atoms with Gasteiger partial charge in [0.2, 0.25) is 6.29 Å². The molecular weight excluding hydrogens is 180 g/mol. The molecule has 0 atom stereocenters.